The molecule has 27 heavy (non-hydrogen) atoms. The van der Waals surface area contributed by atoms with E-state index < -0.39 is 18.0 Å². The fourth-order valence-corrected chi connectivity index (χ4v) is 2.38. The topological polar surface area (TPSA) is 81.7 Å². The van der Waals surface area contributed by atoms with Gasteiger partial charge in [-0.3, -0.25) is 14.4 Å². The second kappa shape index (κ2) is 9.52. The van der Waals surface area contributed by atoms with Gasteiger partial charge in [0, 0.05) is 17.7 Å². The zero-order valence-corrected chi connectivity index (χ0v) is 15.7. The Bertz CT molecular complexity index is 796. The van der Waals surface area contributed by atoms with Crippen LogP contribution in [-0.4, -0.2) is 30.9 Å². The fourth-order valence-electron chi connectivity index (χ4n) is 2.38. The molecule has 0 saturated heterocycles. The van der Waals surface area contributed by atoms with E-state index in [1.165, 1.54) is 13.8 Å². The van der Waals surface area contributed by atoms with Gasteiger partial charge in [0.05, 0.1) is 7.11 Å². The predicted octanol–water partition coefficient (Wildman–Crippen LogP) is 3.40. The second-order valence-corrected chi connectivity index (χ2v) is 6.10. The summed E-state index contributed by atoms with van der Waals surface area (Å²) in [7, 11) is 1.59. The molecule has 6 nitrogen and oxygen atoms in total. The number of aryl methyl sites for hydroxylation is 1. The lowest BCUT2D eigenvalue weighted by Gasteiger charge is -2.14. The van der Waals surface area contributed by atoms with Crippen molar-refractivity contribution in [1.82, 2.24) is 0 Å². The Hall–Kier alpha value is -3.15. The molecule has 0 radical (unpaired) electrons. The Morgan fingerprint density at radius 1 is 1.00 bits per heavy atom. The molecule has 0 aromatic heterocycles. The van der Waals surface area contributed by atoms with E-state index in [9.17, 15) is 14.4 Å². The minimum atomic E-state index is -0.916. The van der Waals surface area contributed by atoms with Crippen molar-refractivity contribution < 1.29 is 23.9 Å². The van der Waals surface area contributed by atoms with Crippen LogP contribution in [-0.2, 0) is 20.7 Å². The molecule has 1 atom stereocenters. The molecule has 0 bridgehead atoms. The van der Waals surface area contributed by atoms with Gasteiger partial charge in [-0.25, -0.2) is 0 Å². The van der Waals surface area contributed by atoms with E-state index in [-0.39, 0.29) is 12.2 Å². The first-order valence-electron chi connectivity index (χ1n) is 8.63. The van der Waals surface area contributed by atoms with Crippen LogP contribution in [0.5, 0.6) is 5.75 Å². The quantitative estimate of drug-likeness (QED) is 0.570. The number of nitrogens with one attached hydrogen (secondary N) is 1. The van der Waals surface area contributed by atoms with E-state index in [2.05, 4.69) is 5.32 Å². The molecule has 0 fully saturated rings. The third-order valence-corrected chi connectivity index (χ3v) is 4.01. The third kappa shape index (κ3) is 6.26. The van der Waals surface area contributed by atoms with Crippen molar-refractivity contribution in [1.29, 1.82) is 0 Å². The van der Waals surface area contributed by atoms with Gasteiger partial charge in [-0.2, -0.15) is 0 Å². The van der Waals surface area contributed by atoms with Crippen LogP contribution in [0.15, 0.2) is 48.5 Å². The van der Waals surface area contributed by atoms with Crippen molar-refractivity contribution in [3.8, 4) is 5.75 Å². The van der Waals surface area contributed by atoms with E-state index in [0.29, 0.717) is 17.7 Å². The van der Waals surface area contributed by atoms with Gasteiger partial charge in [0.15, 0.2) is 11.9 Å². The molecular weight excluding hydrogens is 346 g/mol. The number of Topliss-reactive ketones (excluding diaryl/α,β-unsaturated/α-hetero) is 1. The third-order valence-electron chi connectivity index (χ3n) is 4.01. The van der Waals surface area contributed by atoms with Gasteiger partial charge in [-0.15, -0.1) is 0 Å². The maximum atomic E-state index is 12.1. The van der Waals surface area contributed by atoms with E-state index in [0.717, 1.165) is 11.3 Å². The molecular formula is C21H23NO5. The van der Waals surface area contributed by atoms with Crippen molar-refractivity contribution in [3.63, 3.8) is 0 Å². The predicted molar refractivity (Wildman–Crippen MR) is 102 cm³/mol. The molecule has 0 unspecified atom stereocenters. The van der Waals surface area contributed by atoms with Crippen LogP contribution in [0.4, 0.5) is 5.69 Å². The standard InChI is InChI=1S/C21H23NO5/c1-14(23)17-7-9-18(10-8-17)22-21(25)15(2)27-20(24)13-6-16-4-11-19(26-3)12-5-16/h4-5,7-12,15H,6,13H2,1-3H3,(H,22,25)/t15-/m0/s1. The summed E-state index contributed by atoms with van der Waals surface area (Å²) in [6, 6.07) is 13.9. The normalized spacial score (nSPS) is 11.4. The number of methoxy groups -OCH3 is 1. The zero-order valence-electron chi connectivity index (χ0n) is 15.7. The van der Waals surface area contributed by atoms with Crippen molar-refractivity contribution >= 4 is 23.3 Å². The van der Waals surface area contributed by atoms with Gasteiger partial charge < -0.3 is 14.8 Å². The zero-order chi connectivity index (χ0) is 19.8. The van der Waals surface area contributed by atoms with Crippen molar-refractivity contribution in [2.75, 3.05) is 12.4 Å². The number of esters is 1. The summed E-state index contributed by atoms with van der Waals surface area (Å²) >= 11 is 0. The Balaban J connectivity index is 1.80. The SMILES string of the molecule is COc1ccc(CCC(=O)O[C@@H](C)C(=O)Nc2ccc(C(C)=O)cc2)cc1. The number of hydrogen-bond donors (Lipinski definition) is 1. The number of carbonyl (C=O) groups is 3. The van der Waals surface area contributed by atoms with Crippen LogP contribution in [0.3, 0.4) is 0 Å². The Kier molecular flexibility index (Phi) is 7.11. The fraction of sp³-hybridized carbons (Fsp3) is 0.286. The highest BCUT2D eigenvalue weighted by molar-refractivity contribution is 5.97. The number of ether oxygens (including phenoxy) is 2. The molecule has 2 aromatic carbocycles. The number of rotatable bonds is 8. The van der Waals surface area contributed by atoms with E-state index >= 15 is 0 Å². The van der Waals surface area contributed by atoms with Gasteiger partial charge >= 0.3 is 5.97 Å². The first kappa shape index (κ1) is 20.2. The number of anilines is 1. The van der Waals surface area contributed by atoms with Crippen molar-refractivity contribution in [3.05, 3.63) is 59.7 Å². The van der Waals surface area contributed by atoms with Crippen LogP contribution >= 0.6 is 0 Å². The summed E-state index contributed by atoms with van der Waals surface area (Å²) < 4.78 is 10.3. The van der Waals surface area contributed by atoms with Crippen molar-refractivity contribution in [2.24, 2.45) is 0 Å². The molecule has 2 rings (SSSR count). The highest BCUT2D eigenvalue weighted by Gasteiger charge is 2.18. The average Bonchev–Trinajstić information content (AvgIpc) is 2.67. The molecule has 0 aliphatic carbocycles. The number of benzene rings is 2. The molecule has 0 spiro atoms. The highest BCUT2D eigenvalue weighted by Crippen LogP contribution is 2.14. The van der Waals surface area contributed by atoms with Gasteiger partial charge in [0.1, 0.15) is 5.75 Å². The number of amides is 1. The summed E-state index contributed by atoms with van der Waals surface area (Å²) in [5, 5.41) is 2.66. The summed E-state index contributed by atoms with van der Waals surface area (Å²) in [6.07, 6.45) is -0.221. The lowest BCUT2D eigenvalue weighted by Crippen LogP contribution is -2.30. The molecule has 0 heterocycles. The van der Waals surface area contributed by atoms with Crippen LogP contribution in [0.1, 0.15) is 36.2 Å². The van der Waals surface area contributed by atoms with Gasteiger partial charge in [-0.1, -0.05) is 12.1 Å². The molecule has 1 N–H and O–H groups in total. The Morgan fingerprint density at radius 3 is 2.19 bits per heavy atom. The largest absolute Gasteiger partial charge is 0.497 e. The Morgan fingerprint density at radius 2 is 1.63 bits per heavy atom. The summed E-state index contributed by atoms with van der Waals surface area (Å²) in [4.78, 5) is 35.4. The summed E-state index contributed by atoms with van der Waals surface area (Å²) in [5.74, 6) is -0.168. The molecule has 2 aromatic rings. The average molecular weight is 369 g/mol. The molecule has 0 saturated carbocycles. The first-order valence-corrected chi connectivity index (χ1v) is 8.63. The minimum Gasteiger partial charge on any atom is -0.497 e. The highest BCUT2D eigenvalue weighted by atomic mass is 16.5. The van der Waals surface area contributed by atoms with Crippen LogP contribution < -0.4 is 10.1 Å². The van der Waals surface area contributed by atoms with E-state index in [4.69, 9.17) is 9.47 Å². The van der Waals surface area contributed by atoms with E-state index in [1.54, 1.807) is 31.4 Å². The number of ketones is 1. The van der Waals surface area contributed by atoms with Gasteiger partial charge in [0.25, 0.3) is 5.91 Å². The Labute approximate surface area is 158 Å². The van der Waals surface area contributed by atoms with Crippen LogP contribution in [0, 0.1) is 0 Å². The number of carbonyl (C=O) groups excluding carboxylic acids is 3. The van der Waals surface area contributed by atoms with Crippen LogP contribution in [0.2, 0.25) is 0 Å². The van der Waals surface area contributed by atoms with Gasteiger partial charge in [0.2, 0.25) is 0 Å². The molecule has 6 heteroatoms. The maximum Gasteiger partial charge on any atom is 0.306 e. The lowest BCUT2D eigenvalue weighted by atomic mass is 10.1. The molecule has 1 amide bonds. The van der Waals surface area contributed by atoms with E-state index in [1.807, 2.05) is 24.3 Å². The van der Waals surface area contributed by atoms with Crippen molar-refractivity contribution in [2.45, 2.75) is 32.8 Å². The number of hydrogen-bond acceptors (Lipinski definition) is 5. The second-order valence-electron chi connectivity index (χ2n) is 6.10. The monoisotopic (exact) mass is 369 g/mol. The maximum absolute atomic E-state index is 12.1. The van der Waals surface area contributed by atoms with Crippen LogP contribution in [0.25, 0.3) is 0 Å². The molecule has 0 aliphatic heterocycles. The first-order chi connectivity index (χ1) is 12.9. The minimum absolute atomic E-state index is 0.0490. The molecule has 0 aliphatic rings. The molecule has 142 valence electrons. The summed E-state index contributed by atoms with van der Waals surface area (Å²) in [5.41, 5.74) is 2.08. The van der Waals surface area contributed by atoms with Gasteiger partial charge in [-0.05, 0) is 62.2 Å². The lowest BCUT2D eigenvalue weighted by molar-refractivity contribution is -0.153. The smallest absolute Gasteiger partial charge is 0.306 e. The summed E-state index contributed by atoms with van der Waals surface area (Å²) in [6.45, 7) is 2.99.